The van der Waals surface area contributed by atoms with Crippen LogP contribution in [0.2, 0.25) is 0 Å². The molecule has 0 fully saturated rings. The highest BCUT2D eigenvalue weighted by molar-refractivity contribution is 5.93. The normalized spacial score (nSPS) is 12.3. The van der Waals surface area contributed by atoms with Gasteiger partial charge in [-0.15, -0.1) is 0 Å². The maximum absolute atomic E-state index is 5.48. The third-order valence-corrected chi connectivity index (χ3v) is 2.82. The Morgan fingerprint density at radius 2 is 2.00 bits per heavy atom. The van der Waals surface area contributed by atoms with Gasteiger partial charge in [0.2, 0.25) is 5.96 Å². The summed E-state index contributed by atoms with van der Waals surface area (Å²) in [5.41, 5.74) is 3.62. The number of nitrogens with zero attached hydrogens (tertiary/aromatic N) is 1. The molecular weight excluding hydrogens is 240 g/mol. The molecule has 0 aliphatic carbocycles. The lowest BCUT2D eigenvalue weighted by molar-refractivity contribution is 0.155. The molecule has 1 rings (SSSR count). The van der Waals surface area contributed by atoms with Gasteiger partial charge >= 0.3 is 0 Å². The quantitative estimate of drug-likeness (QED) is 0.318. The molecule has 0 heterocycles. The molecule has 0 saturated carbocycles. The molecular formula is C14H24N4O. The number of hydrazine groups is 1. The van der Waals surface area contributed by atoms with Crippen molar-refractivity contribution < 1.29 is 4.74 Å². The lowest BCUT2D eigenvalue weighted by Crippen LogP contribution is -2.37. The molecule has 0 unspecified atom stereocenters. The van der Waals surface area contributed by atoms with E-state index in [9.17, 15) is 0 Å². The molecule has 1 aromatic rings. The van der Waals surface area contributed by atoms with Crippen LogP contribution in [0.3, 0.4) is 0 Å². The van der Waals surface area contributed by atoms with E-state index in [0.29, 0.717) is 12.5 Å². The van der Waals surface area contributed by atoms with Gasteiger partial charge in [0.25, 0.3) is 0 Å². The zero-order valence-electron chi connectivity index (χ0n) is 11.9. The number of guanidine groups is 1. The van der Waals surface area contributed by atoms with E-state index in [2.05, 4.69) is 29.6 Å². The molecule has 0 radical (unpaired) electrons. The number of benzene rings is 1. The van der Waals surface area contributed by atoms with E-state index in [0.717, 1.165) is 18.7 Å². The second-order valence-corrected chi connectivity index (χ2v) is 5.21. The Balaban J connectivity index is 2.57. The Hall–Kier alpha value is -1.59. The summed E-state index contributed by atoms with van der Waals surface area (Å²) in [5, 5.41) is 3.14. The van der Waals surface area contributed by atoms with E-state index in [1.807, 2.05) is 30.3 Å². The topological polar surface area (TPSA) is 71.7 Å². The van der Waals surface area contributed by atoms with Gasteiger partial charge in [0, 0.05) is 25.9 Å². The van der Waals surface area contributed by atoms with Crippen molar-refractivity contribution >= 4 is 11.6 Å². The third kappa shape index (κ3) is 6.22. The van der Waals surface area contributed by atoms with Crippen molar-refractivity contribution in [3.63, 3.8) is 0 Å². The molecule has 1 aromatic carbocycles. The molecule has 0 saturated heterocycles. The number of nitrogens with one attached hydrogen (secondary N) is 2. The number of hydrogen-bond donors (Lipinski definition) is 3. The van der Waals surface area contributed by atoms with Crippen LogP contribution in [0.5, 0.6) is 0 Å². The van der Waals surface area contributed by atoms with Gasteiger partial charge in [-0.2, -0.15) is 0 Å². The Labute approximate surface area is 115 Å². The zero-order chi connectivity index (χ0) is 14.1. The number of rotatable bonds is 6. The van der Waals surface area contributed by atoms with Gasteiger partial charge in [0.15, 0.2) is 0 Å². The number of ether oxygens (including phenoxy) is 1. The van der Waals surface area contributed by atoms with Crippen LogP contribution < -0.4 is 16.6 Å². The molecule has 4 N–H and O–H groups in total. The largest absolute Gasteiger partial charge is 0.385 e. The van der Waals surface area contributed by atoms with Gasteiger partial charge in [-0.1, -0.05) is 32.0 Å². The Morgan fingerprint density at radius 1 is 1.32 bits per heavy atom. The highest BCUT2D eigenvalue weighted by Gasteiger charge is 2.17. The smallest absolute Gasteiger partial charge is 0.210 e. The third-order valence-electron chi connectivity index (χ3n) is 2.82. The summed E-state index contributed by atoms with van der Waals surface area (Å²) in [6.07, 6.45) is 0.955. The minimum Gasteiger partial charge on any atom is -0.385 e. The summed E-state index contributed by atoms with van der Waals surface area (Å²) >= 11 is 0. The van der Waals surface area contributed by atoms with Crippen LogP contribution in [-0.4, -0.2) is 26.2 Å². The van der Waals surface area contributed by atoms with E-state index in [4.69, 9.17) is 10.6 Å². The number of aliphatic imine (C=N–C) groups is 1. The van der Waals surface area contributed by atoms with Crippen LogP contribution in [0.15, 0.2) is 35.3 Å². The maximum Gasteiger partial charge on any atom is 0.210 e. The van der Waals surface area contributed by atoms with Crippen molar-refractivity contribution in [3.8, 4) is 0 Å². The molecule has 106 valence electrons. The van der Waals surface area contributed by atoms with Crippen molar-refractivity contribution in [3.05, 3.63) is 30.3 Å². The van der Waals surface area contributed by atoms with Gasteiger partial charge in [0.1, 0.15) is 0 Å². The fourth-order valence-corrected chi connectivity index (χ4v) is 1.53. The Bertz CT molecular complexity index is 390. The molecule has 0 aliphatic rings. The van der Waals surface area contributed by atoms with Gasteiger partial charge in [-0.3, -0.25) is 10.4 Å². The van der Waals surface area contributed by atoms with Crippen LogP contribution in [0, 0.1) is 5.41 Å². The first-order valence-corrected chi connectivity index (χ1v) is 6.39. The number of para-hydroxylation sites is 1. The highest BCUT2D eigenvalue weighted by atomic mass is 16.5. The van der Waals surface area contributed by atoms with Crippen LogP contribution in [0.1, 0.15) is 20.3 Å². The summed E-state index contributed by atoms with van der Waals surface area (Å²) in [4.78, 5) is 4.48. The van der Waals surface area contributed by atoms with E-state index in [1.165, 1.54) is 0 Å². The molecule has 0 atom stereocenters. The molecule has 0 aliphatic heterocycles. The summed E-state index contributed by atoms with van der Waals surface area (Å²) in [7, 11) is 1.71. The van der Waals surface area contributed by atoms with Crippen LogP contribution >= 0.6 is 0 Å². The number of hydrogen-bond acceptors (Lipinski definition) is 3. The molecule has 0 aromatic heterocycles. The van der Waals surface area contributed by atoms with E-state index >= 15 is 0 Å². The highest BCUT2D eigenvalue weighted by Crippen LogP contribution is 2.20. The number of anilines is 1. The van der Waals surface area contributed by atoms with Crippen molar-refractivity contribution in [1.82, 2.24) is 5.43 Å². The van der Waals surface area contributed by atoms with Gasteiger partial charge < -0.3 is 10.1 Å². The number of nitrogens with two attached hydrogens (primary N) is 1. The predicted octanol–water partition coefficient (Wildman–Crippen LogP) is 1.98. The first kappa shape index (κ1) is 15.5. The molecule has 0 bridgehead atoms. The fourth-order valence-electron chi connectivity index (χ4n) is 1.53. The molecule has 5 nitrogen and oxygen atoms in total. The minimum atomic E-state index is 0.0798. The van der Waals surface area contributed by atoms with Crippen molar-refractivity contribution in [2.75, 3.05) is 25.6 Å². The average Bonchev–Trinajstić information content (AvgIpc) is 2.42. The second kappa shape index (κ2) is 7.76. The molecule has 0 spiro atoms. The lowest BCUT2D eigenvalue weighted by Gasteiger charge is -2.22. The monoisotopic (exact) mass is 264 g/mol. The first-order valence-electron chi connectivity index (χ1n) is 6.39. The lowest BCUT2D eigenvalue weighted by atomic mass is 9.90. The zero-order valence-corrected chi connectivity index (χ0v) is 11.9. The van der Waals surface area contributed by atoms with Gasteiger partial charge in [0.05, 0.1) is 0 Å². The summed E-state index contributed by atoms with van der Waals surface area (Å²) < 4.78 is 5.10. The average molecular weight is 264 g/mol. The molecule has 0 amide bonds. The summed E-state index contributed by atoms with van der Waals surface area (Å²) in [6.45, 7) is 5.73. The molecule has 19 heavy (non-hydrogen) atoms. The Morgan fingerprint density at radius 3 is 2.58 bits per heavy atom. The van der Waals surface area contributed by atoms with E-state index in [1.54, 1.807) is 7.11 Å². The fraction of sp³-hybridized carbons (Fsp3) is 0.500. The first-order chi connectivity index (χ1) is 9.07. The minimum absolute atomic E-state index is 0.0798. The van der Waals surface area contributed by atoms with Crippen molar-refractivity contribution in [1.29, 1.82) is 0 Å². The summed E-state index contributed by atoms with van der Waals surface area (Å²) in [6, 6.07) is 9.80. The van der Waals surface area contributed by atoms with Crippen LogP contribution in [-0.2, 0) is 4.74 Å². The van der Waals surface area contributed by atoms with Crippen LogP contribution in [0.25, 0.3) is 0 Å². The summed E-state index contributed by atoms with van der Waals surface area (Å²) in [5.74, 6) is 6.05. The predicted molar refractivity (Wildman–Crippen MR) is 80.0 cm³/mol. The van der Waals surface area contributed by atoms with Gasteiger partial charge in [-0.25, -0.2) is 5.84 Å². The Kier molecular flexibility index (Phi) is 6.32. The SMILES string of the molecule is COCCC(C)(C)CN=C(NN)Nc1ccccc1. The van der Waals surface area contributed by atoms with E-state index in [-0.39, 0.29) is 5.41 Å². The van der Waals surface area contributed by atoms with Crippen molar-refractivity contribution in [2.24, 2.45) is 16.3 Å². The van der Waals surface area contributed by atoms with Crippen molar-refractivity contribution in [2.45, 2.75) is 20.3 Å². The second-order valence-electron chi connectivity index (χ2n) is 5.21. The van der Waals surface area contributed by atoms with Gasteiger partial charge in [-0.05, 0) is 24.0 Å². The maximum atomic E-state index is 5.48. The number of methoxy groups -OCH3 is 1. The van der Waals surface area contributed by atoms with Crippen LogP contribution in [0.4, 0.5) is 5.69 Å². The van der Waals surface area contributed by atoms with E-state index < -0.39 is 0 Å². The standard InChI is InChI=1S/C14H24N4O/c1-14(2,9-10-19-3)11-16-13(18-15)17-12-7-5-4-6-8-12/h4-8H,9-11,15H2,1-3H3,(H2,16,17,18). The molecule has 5 heteroatoms.